The van der Waals surface area contributed by atoms with Crippen LogP contribution < -0.4 is 5.32 Å². The van der Waals surface area contributed by atoms with E-state index in [0.717, 1.165) is 24.2 Å². The maximum Gasteiger partial charge on any atom is 0.329 e. The topological polar surface area (TPSA) is 110 Å². The summed E-state index contributed by atoms with van der Waals surface area (Å²) < 4.78 is 5.05. The summed E-state index contributed by atoms with van der Waals surface area (Å²) in [7, 11) is 0. The molecule has 0 aromatic heterocycles. The number of hydrogen-bond donors (Lipinski definition) is 1. The zero-order chi connectivity index (χ0) is 21.6. The Morgan fingerprint density at radius 1 is 1.13 bits per heavy atom. The molecular formula is C22H24N2O6. The van der Waals surface area contributed by atoms with Crippen molar-refractivity contribution in [3.63, 3.8) is 0 Å². The van der Waals surface area contributed by atoms with Gasteiger partial charge in [-0.25, -0.2) is 4.79 Å². The van der Waals surface area contributed by atoms with Gasteiger partial charge in [0.15, 0.2) is 12.4 Å². The SMILES string of the molecule is CC(=O)c1cccc(NC(=O)COC(=O)[C@@H](C)N2C(=O)[C@@H]3[C@@H]4CC[C@@H](C4)[C@@H]3C2=O)c1. The lowest BCUT2D eigenvalue weighted by molar-refractivity contribution is -0.159. The van der Waals surface area contributed by atoms with Gasteiger partial charge in [-0.05, 0) is 57.1 Å². The highest BCUT2D eigenvalue weighted by molar-refractivity contribution is 6.08. The van der Waals surface area contributed by atoms with Gasteiger partial charge in [-0.1, -0.05) is 12.1 Å². The largest absolute Gasteiger partial charge is 0.454 e. The van der Waals surface area contributed by atoms with Gasteiger partial charge >= 0.3 is 5.97 Å². The van der Waals surface area contributed by atoms with Gasteiger partial charge in [0.1, 0.15) is 6.04 Å². The predicted molar refractivity (Wildman–Crippen MR) is 105 cm³/mol. The first-order valence-corrected chi connectivity index (χ1v) is 10.2. The average Bonchev–Trinajstić information content (AvgIpc) is 3.39. The van der Waals surface area contributed by atoms with Crippen molar-refractivity contribution in [2.45, 2.75) is 39.2 Å². The molecule has 1 aliphatic heterocycles. The molecule has 2 saturated carbocycles. The molecule has 8 heteroatoms. The number of ketones is 1. The summed E-state index contributed by atoms with van der Waals surface area (Å²) in [5, 5.41) is 2.55. The predicted octanol–water partition coefficient (Wildman–Crippen LogP) is 1.79. The molecule has 1 saturated heterocycles. The molecule has 3 fully saturated rings. The Hall–Kier alpha value is -3.03. The number of Topliss-reactive ketones (excluding diaryl/α,β-unsaturated/α-hetero) is 1. The Morgan fingerprint density at radius 3 is 2.37 bits per heavy atom. The van der Waals surface area contributed by atoms with E-state index in [0.29, 0.717) is 11.3 Å². The molecule has 4 rings (SSSR count). The summed E-state index contributed by atoms with van der Waals surface area (Å²) in [6.45, 7) is 2.32. The number of esters is 1. The second-order valence-corrected chi connectivity index (χ2v) is 8.40. The number of carbonyl (C=O) groups excluding carboxylic acids is 5. The highest BCUT2D eigenvalue weighted by atomic mass is 16.5. The van der Waals surface area contributed by atoms with Gasteiger partial charge in [-0.15, -0.1) is 0 Å². The van der Waals surface area contributed by atoms with Crippen LogP contribution in [0.1, 0.15) is 43.5 Å². The smallest absolute Gasteiger partial charge is 0.329 e. The molecule has 5 atom stereocenters. The van der Waals surface area contributed by atoms with E-state index < -0.39 is 24.5 Å². The minimum absolute atomic E-state index is 0.135. The first-order chi connectivity index (χ1) is 14.3. The molecule has 8 nitrogen and oxygen atoms in total. The van der Waals surface area contributed by atoms with E-state index in [1.54, 1.807) is 18.2 Å². The molecule has 2 bridgehead atoms. The van der Waals surface area contributed by atoms with Crippen LogP contribution in [0.3, 0.4) is 0 Å². The van der Waals surface area contributed by atoms with Crippen molar-refractivity contribution in [3.05, 3.63) is 29.8 Å². The molecule has 0 unspecified atom stereocenters. The molecule has 0 radical (unpaired) electrons. The van der Waals surface area contributed by atoms with E-state index in [-0.39, 0.29) is 41.3 Å². The number of carbonyl (C=O) groups is 5. The Kier molecular flexibility index (Phi) is 5.17. The summed E-state index contributed by atoms with van der Waals surface area (Å²) in [6, 6.07) is 5.34. The number of anilines is 1. The first-order valence-electron chi connectivity index (χ1n) is 10.2. The average molecular weight is 412 g/mol. The highest BCUT2D eigenvalue weighted by Crippen LogP contribution is 2.56. The number of nitrogens with one attached hydrogen (secondary N) is 1. The quantitative estimate of drug-likeness (QED) is 0.433. The number of hydrogen-bond acceptors (Lipinski definition) is 6. The Balaban J connectivity index is 1.33. The molecule has 3 amide bonds. The second-order valence-electron chi connectivity index (χ2n) is 8.40. The van der Waals surface area contributed by atoms with E-state index >= 15 is 0 Å². The van der Waals surface area contributed by atoms with Crippen molar-refractivity contribution in [3.8, 4) is 0 Å². The molecule has 0 spiro atoms. The fourth-order valence-electron chi connectivity index (χ4n) is 5.19. The van der Waals surface area contributed by atoms with Crippen molar-refractivity contribution in [2.75, 3.05) is 11.9 Å². The van der Waals surface area contributed by atoms with Crippen LogP contribution >= 0.6 is 0 Å². The van der Waals surface area contributed by atoms with Gasteiger partial charge in [0.25, 0.3) is 5.91 Å². The molecule has 1 aromatic rings. The maximum absolute atomic E-state index is 12.8. The lowest BCUT2D eigenvalue weighted by atomic mass is 9.81. The number of benzene rings is 1. The maximum atomic E-state index is 12.8. The molecule has 3 aliphatic rings. The number of ether oxygens (including phenoxy) is 1. The van der Waals surface area contributed by atoms with E-state index in [1.807, 2.05) is 0 Å². The second kappa shape index (κ2) is 7.66. The summed E-state index contributed by atoms with van der Waals surface area (Å²) in [4.78, 5) is 62.6. The van der Waals surface area contributed by atoms with Crippen LogP contribution in [0.4, 0.5) is 5.69 Å². The van der Waals surface area contributed by atoms with Crippen molar-refractivity contribution in [1.82, 2.24) is 4.90 Å². The zero-order valence-corrected chi connectivity index (χ0v) is 16.9. The number of imide groups is 1. The van der Waals surface area contributed by atoms with E-state index in [2.05, 4.69) is 5.32 Å². The number of likely N-dealkylation sites (tertiary alicyclic amines) is 1. The number of rotatable bonds is 6. The minimum Gasteiger partial charge on any atom is -0.454 e. The van der Waals surface area contributed by atoms with Gasteiger partial charge in [-0.3, -0.25) is 24.1 Å². The summed E-state index contributed by atoms with van der Waals surface area (Å²) in [5.74, 6) is -2.21. The molecule has 1 heterocycles. The standard InChI is InChI=1S/C22H24N2O6/c1-11(24-20(27)18-14-6-7-15(8-14)19(18)21(24)28)22(29)30-10-17(26)23-16-5-3-4-13(9-16)12(2)25/h3-5,9,11,14-15,18-19H,6-8,10H2,1-2H3,(H,23,26)/t11-,14-,15+,18-,19+/m1/s1. The number of fused-ring (bicyclic) bond motifs is 5. The third-order valence-electron chi connectivity index (χ3n) is 6.59. The van der Waals surface area contributed by atoms with Gasteiger partial charge in [0, 0.05) is 11.3 Å². The molecule has 1 aromatic carbocycles. The Morgan fingerprint density at radius 2 is 1.77 bits per heavy atom. The third-order valence-corrected chi connectivity index (χ3v) is 6.59. The first kappa shape index (κ1) is 20.3. The minimum atomic E-state index is -1.07. The number of nitrogens with zero attached hydrogens (tertiary/aromatic N) is 1. The fraction of sp³-hybridized carbons (Fsp3) is 0.500. The van der Waals surface area contributed by atoms with Crippen LogP contribution in [0.2, 0.25) is 0 Å². The molecule has 158 valence electrons. The molecule has 1 N–H and O–H groups in total. The van der Waals surface area contributed by atoms with Crippen molar-refractivity contribution in [1.29, 1.82) is 0 Å². The highest BCUT2D eigenvalue weighted by Gasteiger charge is 2.62. The van der Waals surface area contributed by atoms with E-state index in [4.69, 9.17) is 4.74 Å². The monoisotopic (exact) mass is 412 g/mol. The molecule has 30 heavy (non-hydrogen) atoms. The van der Waals surface area contributed by atoms with Gasteiger partial charge in [-0.2, -0.15) is 0 Å². The summed E-state index contributed by atoms with van der Waals surface area (Å²) in [5.41, 5.74) is 0.856. The van der Waals surface area contributed by atoms with E-state index in [9.17, 15) is 24.0 Å². The zero-order valence-electron chi connectivity index (χ0n) is 16.9. The van der Waals surface area contributed by atoms with Gasteiger partial charge < -0.3 is 10.1 Å². The van der Waals surface area contributed by atoms with Crippen molar-refractivity contribution in [2.24, 2.45) is 23.7 Å². The van der Waals surface area contributed by atoms with E-state index in [1.165, 1.54) is 19.9 Å². The van der Waals surface area contributed by atoms with Crippen LogP contribution in [-0.2, 0) is 23.9 Å². The molecular weight excluding hydrogens is 388 g/mol. The van der Waals surface area contributed by atoms with Crippen LogP contribution in [0.25, 0.3) is 0 Å². The third kappa shape index (κ3) is 3.40. The lowest BCUT2D eigenvalue weighted by Gasteiger charge is -2.23. The fourth-order valence-corrected chi connectivity index (χ4v) is 5.19. The Labute approximate surface area is 173 Å². The molecule has 2 aliphatic carbocycles. The normalized spacial score (nSPS) is 27.7. The van der Waals surface area contributed by atoms with Crippen LogP contribution in [0.15, 0.2) is 24.3 Å². The van der Waals surface area contributed by atoms with Gasteiger partial charge in [0.05, 0.1) is 11.8 Å². The summed E-state index contributed by atoms with van der Waals surface area (Å²) >= 11 is 0. The van der Waals surface area contributed by atoms with Crippen LogP contribution in [0.5, 0.6) is 0 Å². The number of amides is 3. The van der Waals surface area contributed by atoms with Crippen molar-refractivity contribution >= 4 is 35.2 Å². The van der Waals surface area contributed by atoms with Gasteiger partial charge in [0.2, 0.25) is 11.8 Å². The summed E-state index contributed by atoms with van der Waals surface area (Å²) in [6.07, 6.45) is 2.84. The van der Waals surface area contributed by atoms with Crippen LogP contribution in [-0.4, -0.2) is 47.0 Å². The van der Waals surface area contributed by atoms with Crippen molar-refractivity contribution < 1.29 is 28.7 Å². The lowest BCUT2D eigenvalue weighted by Crippen LogP contribution is -2.45. The Bertz CT molecular complexity index is 913. The van der Waals surface area contributed by atoms with Crippen LogP contribution in [0, 0.1) is 23.7 Å².